The van der Waals surface area contributed by atoms with Crippen molar-refractivity contribution in [3.05, 3.63) is 60.2 Å². The highest BCUT2D eigenvalue weighted by Crippen LogP contribution is 2.32. The number of amides is 1. The number of rotatable bonds is 9. The molecule has 1 N–H and O–H groups in total. The summed E-state index contributed by atoms with van der Waals surface area (Å²) >= 11 is 1.46. The number of carbonyl (C=O) groups excluding carboxylic acids is 1. The summed E-state index contributed by atoms with van der Waals surface area (Å²) in [6.45, 7) is 2.65. The predicted molar refractivity (Wildman–Crippen MR) is 128 cm³/mol. The van der Waals surface area contributed by atoms with Gasteiger partial charge in [-0.2, -0.15) is 0 Å². The van der Waals surface area contributed by atoms with Gasteiger partial charge in [-0.05, 0) is 43.9 Å². The van der Waals surface area contributed by atoms with Gasteiger partial charge in [0, 0.05) is 12.6 Å². The van der Waals surface area contributed by atoms with Crippen LogP contribution in [0.1, 0.15) is 38.2 Å². The van der Waals surface area contributed by atoms with Gasteiger partial charge < -0.3 is 14.6 Å². The average Bonchev–Trinajstić information content (AvgIpc) is 3.48. The van der Waals surface area contributed by atoms with Crippen LogP contribution < -0.4 is 10.1 Å². The number of ether oxygens (including phenoxy) is 1. The highest BCUT2D eigenvalue weighted by Gasteiger charge is 2.24. The van der Waals surface area contributed by atoms with Crippen LogP contribution in [-0.2, 0) is 17.8 Å². The van der Waals surface area contributed by atoms with Crippen molar-refractivity contribution in [2.75, 3.05) is 7.11 Å². The molecule has 1 saturated carbocycles. The summed E-state index contributed by atoms with van der Waals surface area (Å²) in [6.07, 6.45) is 5.39. The first kappa shape index (κ1) is 22.4. The fourth-order valence-corrected chi connectivity index (χ4v) is 4.98. The number of methoxy groups -OCH3 is 1. The second-order valence-corrected chi connectivity index (χ2v) is 9.45. The summed E-state index contributed by atoms with van der Waals surface area (Å²) in [5.41, 5.74) is 2.14. The molecule has 1 atom stereocenters. The standard InChI is InChI=1S/C25H30N4O2S/c1-18(24(30)26-20-12-6-7-13-20)32-25-28-27-23(21-14-8-9-15-22(21)31-2)29(25)17-16-19-10-4-3-5-11-19/h3-5,8-11,14-15,18,20H,6-7,12-13,16-17H2,1-2H3,(H,26,30). The highest BCUT2D eigenvalue weighted by atomic mass is 32.2. The number of nitrogens with one attached hydrogen (secondary N) is 1. The monoisotopic (exact) mass is 450 g/mol. The number of thioether (sulfide) groups is 1. The van der Waals surface area contributed by atoms with Crippen LogP contribution >= 0.6 is 11.8 Å². The number of hydrogen-bond acceptors (Lipinski definition) is 5. The Bertz CT molecular complexity index is 1030. The van der Waals surface area contributed by atoms with Crippen molar-refractivity contribution >= 4 is 17.7 Å². The Labute approximate surface area is 193 Å². The minimum Gasteiger partial charge on any atom is -0.496 e. The Hall–Kier alpha value is -2.80. The van der Waals surface area contributed by atoms with Crippen LogP contribution in [0.3, 0.4) is 0 Å². The zero-order chi connectivity index (χ0) is 22.3. The molecule has 0 spiro atoms. The molecule has 0 saturated heterocycles. The van der Waals surface area contributed by atoms with E-state index in [1.807, 2.05) is 49.4 Å². The predicted octanol–water partition coefficient (Wildman–Crippen LogP) is 4.74. The van der Waals surface area contributed by atoms with E-state index in [0.717, 1.165) is 41.6 Å². The number of nitrogens with zero attached hydrogens (tertiary/aromatic N) is 3. The Morgan fingerprint density at radius 1 is 1.12 bits per heavy atom. The van der Waals surface area contributed by atoms with Crippen LogP contribution in [0.5, 0.6) is 5.75 Å². The molecule has 6 nitrogen and oxygen atoms in total. The Morgan fingerprint density at radius 3 is 2.59 bits per heavy atom. The molecule has 3 aromatic rings. The molecule has 0 aliphatic heterocycles. The summed E-state index contributed by atoms with van der Waals surface area (Å²) < 4.78 is 7.67. The molecule has 4 rings (SSSR count). The van der Waals surface area contributed by atoms with Gasteiger partial charge in [0.2, 0.25) is 5.91 Å². The van der Waals surface area contributed by atoms with E-state index in [-0.39, 0.29) is 11.2 Å². The molecule has 168 valence electrons. The number of aromatic nitrogens is 3. The van der Waals surface area contributed by atoms with Crippen molar-refractivity contribution in [3.63, 3.8) is 0 Å². The number of hydrogen-bond donors (Lipinski definition) is 1. The van der Waals surface area contributed by atoms with Gasteiger partial charge in [-0.25, -0.2) is 0 Å². The van der Waals surface area contributed by atoms with Crippen molar-refractivity contribution in [2.45, 2.75) is 62.0 Å². The lowest BCUT2D eigenvalue weighted by Gasteiger charge is -2.17. The summed E-state index contributed by atoms with van der Waals surface area (Å²) in [5.74, 6) is 1.58. The van der Waals surface area contributed by atoms with Crippen LogP contribution in [0.15, 0.2) is 59.8 Å². The second-order valence-electron chi connectivity index (χ2n) is 8.14. The number of para-hydroxylation sites is 1. The SMILES string of the molecule is COc1ccccc1-c1nnc(SC(C)C(=O)NC2CCCC2)n1CCc1ccccc1. The summed E-state index contributed by atoms with van der Waals surface area (Å²) in [7, 11) is 1.66. The molecule has 32 heavy (non-hydrogen) atoms. The van der Waals surface area contributed by atoms with Gasteiger partial charge in [-0.3, -0.25) is 4.79 Å². The topological polar surface area (TPSA) is 69.0 Å². The third-order valence-corrected chi connectivity index (χ3v) is 6.97. The average molecular weight is 451 g/mol. The summed E-state index contributed by atoms with van der Waals surface area (Å²) in [5, 5.41) is 12.7. The normalized spacial score (nSPS) is 14.9. The molecule has 7 heteroatoms. The van der Waals surface area contributed by atoms with Gasteiger partial charge >= 0.3 is 0 Å². The second kappa shape index (κ2) is 10.7. The fraction of sp³-hybridized carbons (Fsp3) is 0.400. The molecule has 2 aromatic carbocycles. The first-order valence-corrected chi connectivity index (χ1v) is 12.1. The van der Waals surface area contributed by atoms with Gasteiger partial charge in [-0.1, -0.05) is 67.1 Å². The van der Waals surface area contributed by atoms with Crippen LogP contribution in [0.4, 0.5) is 0 Å². The lowest BCUT2D eigenvalue weighted by atomic mass is 10.1. The van der Waals surface area contributed by atoms with Gasteiger partial charge in [0.1, 0.15) is 5.75 Å². The molecule has 0 radical (unpaired) electrons. The highest BCUT2D eigenvalue weighted by molar-refractivity contribution is 8.00. The van der Waals surface area contributed by atoms with E-state index < -0.39 is 0 Å². The van der Waals surface area contributed by atoms with E-state index in [9.17, 15) is 4.79 Å². The third-order valence-electron chi connectivity index (χ3n) is 5.88. The lowest BCUT2D eigenvalue weighted by Crippen LogP contribution is -2.37. The maximum atomic E-state index is 12.8. The molecule has 1 aliphatic carbocycles. The molecular formula is C25H30N4O2S. The van der Waals surface area contributed by atoms with Crippen molar-refractivity contribution in [2.24, 2.45) is 0 Å². The zero-order valence-electron chi connectivity index (χ0n) is 18.7. The van der Waals surface area contributed by atoms with E-state index in [2.05, 4.69) is 32.2 Å². The first-order chi connectivity index (χ1) is 15.7. The van der Waals surface area contributed by atoms with E-state index in [0.29, 0.717) is 12.6 Å². The largest absolute Gasteiger partial charge is 0.496 e. The van der Waals surface area contributed by atoms with E-state index >= 15 is 0 Å². The van der Waals surface area contributed by atoms with Gasteiger partial charge in [0.15, 0.2) is 11.0 Å². The lowest BCUT2D eigenvalue weighted by molar-refractivity contribution is -0.120. The van der Waals surface area contributed by atoms with Crippen LogP contribution in [-0.4, -0.2) is 39.1 Å². The van der Waals surface area contributed by atoms with Gasteiger partial charge in [-0.15, -0.1) is 10.2 Å². The minimum atomic E-state index is -0.249. The van der Waals surface area contributed by atoms with Gasteiger partial charge in [0.25, 0.3) is 0 Å². The fourth-order valence-electron chi connectivity index (χ4n) is 4.09. The van der Waals surface area contributed by atoms with E-state index in [4.69, 9.17) is 4.74 Å². The van der Waals surface area contributed by atoms with Crippen LogP contribution in [0.2, 0.25) is 0 Å². The van der Waals surface area contributed by atoms with Crippen LogP contribution in [0.25, 0.3) is 11.4 Å². The van der Waals surface area contributed by atoms with Crippen molar-refractivity contribution in [3.8, 4) is 17.1 Å². The molecule has 1 aromatic heterocycles. The Morgan fingerprint density at radius 2 is 1.84 bits per heavy atom. The molecule has 1 unspecified atom stereocenters. The molecule has 1 heterocycles. The molecule has 1 aliphatic rings. The van der Waals surface area contributed by atoms with Crippen molar-refractivity contribution in [1.29, 1.82) is 0 Å². The van der Waals surface area contributed by atoms with Gasteiger partial charge in [0.05, 0.1) is 17.9 Å². The number of carbonyl (C=O) groups is 1. The minimum absolute atomic E-state index is 0.0679. The van der Waals surface area contributed by atoms with E-state index in [1.54, 1.807) is 7.11 Å². The van der Waals surface area contributed by atoms with Crippen molar-refractivity contribution in [1.82, 2.24) is 20.1 Å². The molecule has 1 fully saturated rings. The molecule has 0 bridgehead atoms. The summed E-state index contributed by atoms with van der Waals surface area (Å²) in [4.78, 5) is 12.8. The van der Waals surface area contributed by atoms with E-state index in [1.165, 1.54) is 30.2 Å². The number of benzene rings is 2. The smallest absolute Gasteiger partial charge is 0.233 e. The zero-order valence-corrected chi connectivity index (χ0v) is 19.5. The maximum Gasteiger partial charge on any atom is 0.233 e. The van der Waals surface area contributed by atoms with Crippen molar-refractivity contribution < 1.29 is 9.53 Å². The first-order valence-electron chi connectivity index (χ1n) is 11.2. The Balaban J connectivity index is 1.58. The number of aryl methyl sites for hydroxylation is 1. The molecular weight excluding hydrogens is 420 g/mol. The maximum absolute atomic E-state index is 12.8. The third kappa shape index (κ3) is 5.33. The summed E-state index contributed by atoms with van der Waals surface area (Å²) in [6, 6.07) is 18.5. The quantitative estimate of drug-likeness (QED) is 0.477. The molecule has 1 amide bonds. The Kier molecular flexibility index (Phi) is 7.47. The van der Waals surface area contributed by atoms with Crippen LogP contribution in [0, 0.1) is 0 Å².